The Morgan fingerprint density at radius 1 is 1.18 bits per heavy atom. The van der Waals surface area contributed by atoms with Gasteiger partial charge in [-0.05, 0) is 19.9 Å². The molecule has 11 heavy (non-hydrogen) atoms. The van der Waals surface area contributed by atoms with Crippen LogP contribution < -0.4 is 0 Å². The lowest BCUT2D eigenvalue weighted by molar-refractivity contribution is -0.0799. The average Bonchev–Trinajstić information content (AvgIpc) is 2.03. The van der Waals surface area contributed by atoms with Gasteiger partial charge in [-0.15, -0.1) is 0 Å². The minimum Gasteiger partial charge on any atom is -0.372 e. The molecule has 0 spiro atoms. The van der Waals surface area contributed by atoms with Gasteiger partial charge in [0.05, 0.1) is 12.2 Å². The summed E-state index contributed by atoms with van der Waals surface area (Å²) in [6, 6.07) is 0. The Morgan fingerprint density at radius 3 is 2.00 bits per heavy atom. The fraction of sp³-hybridized carbons (Fsp3) is 1.00. The van der Waals surface area contributed by atoms with Crippen molar-refractivity contribution in [2.24, 2.45) is 0 Å². The van der Waals surface area contributed by atoms with Gasteiger partial charge in [-0.1, -0.05) is 13.8 Å². The summed E-state index contributed by atoms with van der Waals surface area (Å²) in [6.07, 6.45) is 3.22. The van der Waals surface area contributed by atoms with Crippen LogP contribution in [0.15, 0.2) is 0 Å². The van der Waals surface area contributed by atoms with Crippen LogP contribution in [0.4, 0.5) is 0 Å². The summed E-state index contributed by atoms with van der Waals surface area (Å²) >= 11 is 0. The van der Waals surface area contributed by atoms with Gasteiger partial charge in [0.25, 0.3) is 0 Å². The quantitative estimate of drug-likeness (QED) is 0.602. The molecule has 0 radical (unpaired) electrons. The number of ether oxygens (including phenoxy) is 1. The van der Waals surface area contributed by atoms with Crippen molar-refractivity contribution in [3.8, 4) is 0 Å². The summed E-state index contributed by atoms with van der Waals surface area (Å²) in [5.41, 5.74) is 0. The highest BCUT2D eigenvalue weighted by molar-refractivity contribution is 4.73. The Labute approximate surface area is 69.5 Å². The van der Waals surface area contributed by atoms with Gasteiger partial charge in [-0.25, -0.2) is 0 Å². The van der Waals surface area contributed by atoms with E-state index in [0.29, 0.717) is 12.2 Å². The van der Waals surface area contributed by atoms with E-state index >= 15 is 0 Å². The van der Waals surface area contributed by atoms with Crippen LogP contribution in [0, 0.1) is 0 Å². The van der Waals surface area contributed by atoms with Gasteiger partial charge in [0.2, 0.25) is 0 Å². The maximum absolute atomic E-state index is 5.81. The van der Waals surface area contributed by atoms with E-state index in [0.717, 1.165) is 25.9 Å². The van der Waals surface area contributed by atoms with E-state index in [2.05, 4.69) is 25.8 Å². The summed E-state index contributed by atoms with van der Waals surface area (Å²) in [7, 11) is 2.17. The molecule has 2 nitrogen and oxygen atoms in total. The molecule has 1 saturated heterocycles. The van der Waals surface area contributed by atoms with Crippen LogP contribution in [0.5, 0.6) is 0 Å². The zero-order valence-corrected chi connectivity index (χ0v) is 7.84. The summed E-state index contributed by atoms with van der Waals surface area (Å²) < 4.78 is 5.81. The van der Waals surface area contributed by atoms with E-state index in [9.17, 15) is 0 Å². The number of likely N-dealkylation sites (N-methyl/N-ethyl adjacent to an activating group) is 1. The van der Waals surface area contributed by atoms with Gasteiger partial charge < -0.3 is 9.64 Å². The van der Waals surface area contributed by atoms with Crippen LogP contribution in [-0.2, 0) is 4.74 Å². The smallest absolute Gasteiger partial charge is 0.0703 e. The number of nitrogens with zero attached hydrogens (tertiary/aromatic N) is 1. The average molecular weight is 157 g/mol. The zero-order chi connectivity index (χ0) is 8.27. The van der Waals surface area contributed by atoms with Gasteiger partial charge in [0, 0.05) is 13.1 Å². The zero-order valence-electron chi connectivity index (χ0n) is 7.84. The van der Waals surface area contributed by atoms with Crippen molar-refractivity contribution in [1.82, 2.24) is 4.90 Å². The molecule has 0 aromatic heterocycles. The molecule has 0 N–H and O–H groups in total. The predicted octanol–water partition coefficient (Wildman–Crippen LogP) is 1.51. The van der Waals surface area contributed by atoms with Crippen molar-refractivity contribution in [3.05, 3.63) is 0 Å². The molecule has 1 rings (SSSR count). The molecule has 2 heteroatoms. The minimum absolute atomic E-state index is 0.471. The predicted molar refractivity (Wildman–Crippen MR) is 46.7 cm³/mol. The molecule has 66 valence electrons. The Bertz CT molecular complexity index is 104. The second-order valence-electron chi connectivity index (χ2n) is 3.42. The number of rotatable bonds is 2. The van der Waals surface area contributed by atoms with Crippen molar-refractivity contribution >= 4 is 0 Å². The van der Waals surface area contributed by atoms with Crippen molar-refractivity contribution in [2.45, 2.75) is 38.9 Å². The van der Waals surface area contributed by atoms with Crippen LogP contribution in [0.3, 0.4) is 0 Å². The summed E-state index contributed by atoms with van der Waals surface area (Å²) in [4.78, 5) is 2.37. The van der Waals surface area contributed by atoms with E-state index in [4.69, 9.17) is 4.74 Å². The summed E-state index contributed by atoms with van der Waals surface area (Å²) in [5.74, 6) is 0. The molecule has 1 heterocycles. The minimum atomic E-state index is 0.471. The number of hydrogen-bond donors (Lipinski definition) is 0. The van der Waals surface area contributed by atoms with Crippen molar-refractivity contribution < 1.29 is 4.74 Å². The van der Waals surface area contributed by atoms with Gasteiger partial charge in [-0.3, -0.25) is 0 Å². The van der Waals surface area contributed by atoms with E-state index in [1.165, 1.54) is 0 Å². The molecular formula is C9H19NO. The van der Waals surface area contributed by atoms with E-state index in [1.54, 1.807) is 0 Å². The fourth-order valence-corrected chi connectivity index (χ4v) is 1.58. The molecule has 0 unspecified atom stereocenters. The molecule has 1 fully saturated rings. The SMILES string of the molecule is CC[C@H]1CN(C)C[C@H](CC)O1. The second-order valence-corrected chi connectivity index (χ2v) is 3.42. The van der Waals surface area contributed by atoms with E-state index < -0.39 is 0 Å². The lowest BCUT2D eigenvalue weighted by Crippen LogP contribution is -2.45. The lowest BCUT2D eigenvalue weighted by Gasteiger charge is -2.35. The Balaban J connectivity index is 2.37. The maximum atomic E-state index is 5.81. The molecule has 1 aliphatic heterocycles. The van der Waals surface area contributed by atoms with E-state index in [-0.39, 0.29) is 0 Å². The van der Waals surface area contributed by atoms with Crippen molar-refractivity contribution in [1.29, 1.82) is 0 Å². The Morgan fingerprint density at radius 2 is 1.64 bits per heavy atom. The molecule has 2 atom stereocenters. The Hall–Kier alpha value is -0.0800. The molecular weight excluding hydrogens is 138 g/mol. The third-order valence-corrected chi connectivity index (χ3v) is 2.33. The summed E-state index contributed by atoms with van der Waals surface area (Å²) in [6.45, 7) is 6.59. The van der Waals surface area contributed by atoms with Crippen LogP contribution in [0.1, 0.15) is 26.7 Å². The molecule has 0 bridgehead atoms. The number of hydrogen-bond acceptors (Lipinski definition) is 2. The second kappa shape index (κ2) is 4.07. The Kier molecular flexibility index (Phi) is 3.34. The van der Waals surface area contributed by atoms with Gasteiger partial charge >= 0.3 is 0 Å². The standard InChI is InChI=1S/C9H19NO/c1-4-8-6-10(3)7-9(5-2)11-8/h8-9H,4-7H2,1-3H3/t8-,9-/m0/s1. The molecule has 0 aliphatic carbocycles. The van der Waals surface area contributed by atoms with Gasteiger partial charge in [0.15, 0.2) is 0 Å². The molecule has 0 aromatic rings. The first kappa shape index (κ1) is 9.01. The van der Waals surface area contributed by atoms with Gasteiger partial charge in [-0.2, -0.15) is 0 Å². The fourth-order valence-electron chi connectivity index (χ4n) is 1.58. The monoisotopic (exact) mass is 157 g/mol. The molecule has 1 aliphatic rings. The van der Waals surface area contributed by atoms with Crippen molar-refractivity contribution in [2.75, 3.05) is 20.1 Å². The maximum Gasteiger partial charge on any atom is 0.0703 e. The molecule has 0 saturated carbocycles. The van der Waals surface area contributed by atoms with Crippen molar-refractivity contribution in [3.63, 3.8) is 0 Å². The van der Waals surface area contributed by atoms with Gasteiger partial charge in [0.1, 0.15) is 0 Å². The van der Waals surface area contributed by atoms with Crippen LogP contribution in [0.2, 0.25) is 0 Å². The highest BCUT2D eigenvalue weighted by atomic mass is 16.5. The first-order valence-corrected chi connectivity index (χ1v) is 4.60. The lowest BCUT2D eigenvalue weighted by atomic mass is 10.1. The summed E-state index contributed by atoms with van der Waals surface area (Å²) in [5, 5.41) is 0. The number of morpholine rings is 1. The third-order valence-electron chi connectivity index (χ3n) is 2.33. The molecule has 0 amide bonds. The first-order valence-electron chi connectivity index (χ1n) is 4.60. The molecule has 0 aromatic carbocycles. The topological polar surface area (TPSA) is 12.5 Å². The van der Waals surface area contributed by atoms with Crippen LogP contribution in [-0.4, -0.2) is 37.2 Å². The highest BCUT2D eigenvalue weighted by Gasteiger charge is 2.22. The third kappa shape index (κ3) is 2.46. The van der Waals surface area contributed by atoms with Crippen LogP contribution >= 0.6 is 0 Å². The largest absolute Gasteiger partial charge is 0.372 e. The highest BCUT2D eigenvalue weighted by Crippen LogP contribution is 2.13. The van der Waals surface area contributed by atoms with Crippen LogP contribution in [0.25, 0.3) is 0 Å². The van der Waals surface area contributed by atoms with E-state index in [1.807, 2.05) is 0 Å². The normalized spacial score (nSPS) is 34.1. The first-order chi connectivity index (χ1) is 5.26.